The molecule has 0 aliphatic heterocycles. The Hall–Kier alpha value is -3.08. The fourth-order valence-corrected chi connectivity index (χ4v) is 2.25. The van der Waals surface area contributed by atoms with Crippen LogP contribution in [-0.2, 0) is 0 Å². The largest absolute Gasteiger partial charge is 0.494 e. The molecule has 0 aliphatic carbocycles. The predicted octanol–water partition coefficient (Wildman–Crippen LogP) is 4.30. The second-order valence-corrected chi connectivity index (χ2v) is 5.35. The maximum absolute atomic E-state index is 12.2. The van der Waals surface area contributed by atoms with E-state index in [-0.39, 0.29) is 5.91 Å². The molecule has 0 saturated heterocycles. The van der Waals surface area contributed by atoms with Crippen LogP contribution in [0, 0.1) is 6.92 Å². The zero-order valence-corrected chi connectivity index (χ0v) is 13.6. The number of benzene rings is 2. The van der Waals surface area contributed by atoms with Gasteiger partial charge in [-0.2, -0.15) is 0 Å². The van der Waals surface area contributed by atoms with E-state index >= 15 is 0 Å². The van der Waals surface area contributed by atoms with Crippen molar-refractivity contribution in [3.8, 4) is 17.0 Å². The van der Waals surface area contributed by atoms with Gasteiger partial charge in [0.25, 0.3) is 5.91 Å². The van der Waals surface area contributed by atoms with E-state index in [1.54, 1.807) is 30.3 Å². The van der Waals surface area contributed by atoms with Gasteiger partial charge in [-0.3, -0.25) is 10.1 Å². The standard InChI is InChI=1S/C19H18N2O3/c1-3-23-16-10-8-15(9-11-16)19(22)20-18-12-17(21-24-18)14-6-4-13(2)5-7-14/h4-12H,3H2,1-2H3,(H,20,22). The summed E-state index contributed by atoms with van der Waals surface area (Å²) in [5.41, 5.74) is 3.31. The zero-order chi connectivity index (χ0) is 16.9. The van der Waals surface area contributed by atoms with E-state index in [1.807, 2.05) is 38.1 Å². The minimum absolute atomic E-state index is 0.260. The van der Waals surface area contributed by atoms with Crippen molar-refractivity contribution in [1.82, 2.24) is 5.16 Å². The first kappa shape index (κ1) is 15.8. The number of anilines is 1. The molecule has 0 bridgehead atoms. The molecule has 3 rings (SSSR count). The molecule has 0 fully saturated rings. The van der Waals surface area contributed by atoms with Gasteiger partial charge in [0.2, 0.25) is 5.88 Å². The van der Waals surface area contributed by atoms with Crippen LogP contribution in [0.2, 0.25) is 0 Å². The zero-order valence-electron chi connectivity index (χ0n) is 13.6. The van der Waals surface area contributed by atoms with Crippen LogP contribution in [0.1, 0.15) is 22.8 Å². The molecule has 122 valence electrons. The van der Waals surface area contributed by atoms with Crippen LogP contribution in [0.3, 0.4) is 0 Å². The van der Waals surface area contributed by atoms with E-state index in [0.29, 0.717) is 23.7 Å². The van der Waals surface area contributed by atoms with Crippen molar-refractivity contribution in [3.63, 3.8) is 0 Å². The van der Waals surface area contributed by atoms with Crippen LogP contribution in [0.25, 0.3) is 11.3 Å². The number of carbonyl (C=O) groups is 1. The highest BCUT2D eigenvalue weighted by atomic mass is 16.5. The summed E-state index contributed by atoms with van der Waals surface area (Å²) in [4.78, 5) is 12.2. The number of hydrogen-bond acceptors (Lipinski definition) is 4. The van der Waals surface area contributed by atoms with E-state index in [0.717, 1.165) is 11.3 Å². The molecule has 5 nitrogen and oxygen atoms in total. The molecule has 1 heterocycles. The van der Waals surface area contributed by atoms with Gasteiger partial charge in [0.1, 0.15) is 11.4 Å². The van der Waals surface area contributed by atoms with Gasteiger partial charge in [0.15, 0.2) is 0 Å². The summed E-state index contributed by atoms with van der Waals surface area (Å²) in [6.07, 6.45) is 0. The van der Waals surface area contributed by atoms with Crippen LogP contribution in [0.4, 0.5) is 5.88 Å². The van der Waals surface area contributed by atoms with Crippen molar-refractivity contribution >= 4 is 11.8 Å². The Balaban J connectivity index is 1.69. The number of amides is 1. The van der Waals surface area contributed by atoms with Crippen LogP contribution in [-0.4, -0.2) is 17.7 Å². The van der Waals surface area contributed by atoms with Crippen molar-refractivity contribution in [3.05, 3.63) is 65.7 Å². The minimum Gasteiger partial charge on any atom is -0.494 e. The number of nitrogens with zero attached hydrogens (tertiary/aromatic N) is 1. The second kappa shape index (κ2) is 7.00. The maximum atomic E-state index is 12.2. The number of ether oxygens (including phenoxy) is 1. The number of rotatable bonds is 5. The highest BCUT2D eigenvalue weighted by molar-refractivity contribution is 6.03. The Kier molecular flexibility index (Phi) is 4.61. The first-order chi connectivity index (χ1) is 11.7. The number of aromatic nitrogens is 1. The van der Waals surface area contributed by atoms with E-state index in [9.17, 15) is 4.79 Å². The Bertz CT molecular complexity index is 821. The minimum atomic E-state index is -0.260. The Morgan fingerprint density at radius 1 is 1.12 bits per heavy atom. The second-order valence-electron chi connectivity index (χ2n) is 5.35. The summed E-state index contributed by atoms with van der Waals surface area (Å²) in [6, 6.07) is 16.6. The molecule has 24 heavy (non-hydrogen) atoms. The fourth-order valence-electron chi connectivity index (χ4n) is 2.25. The van der Waals surface area contributed by atoms with Crippen molar-refractivity contribution in [1.29, 1.82) is 0 Å². The number of hydrogen-bond donors (Lipinski definition) is 1. The van der Waals surface area contributed by atoms with Crippen molar-refractivity contribution < 1.29 is 14.1 Å². The molecule has 0 unspecified atom stereocenters. The van der Waals surface area contributed by atoms with Crippen molar-refractivity contribution in [2.45, 2.75) is 13.8 Å². The quantitative estimate of drug-likeness (QED) is 0.760. The number of aryl methyl sites for hydroxylation is 1. The van der Waals surface area contributed by atoms with E-state index in [4.69, 9.17) is 9.26 Å². The molecule has 0 radical (unpaired) electrons. The Morgan fingerprint density at radius 2 is 1.83 bits per heavy atom. The first-order valence-electron chi connectivity index (χ1n) is 7.73. The van der Waals surface area contributed by atoms with Gasteiger partial charge in [-0.1, -0.05) is 35.0 Å². The lowest BCUT2D eigenvalue weighted by atomic mass is 10.1. The summed E-state index contributed by atoms with van der Waals surface area (Å²) in [6.45, 7) is 4.52. The third-order valence-corrected chi connectivity index (χ3v) is 3.52. The summed E-state index contributed by atoms with van der Waals surface area (Å²) < 4.78 is 10.6. The van der Waals surface area contributed by atoms with Gasteiger partial charge >= 0.3 is 0 Å². The first-order valence-corrected chi connectivity index (χ1v) is 7.73. The fraction of sp³-hybridized carbons (Fsp3) is 0.158. The monoisotopic (exact) mass is 322 g/mol. The highest BCUT2D eigenvalue weighted by Crippen LogP contribution is 2.22. The smallest absolute Gasteiger partial charge is 0.258 e. The number of carbonyl (C=O) groups excluding carboxylic acids is 1. The van der Waals surface area contributed by atoms with Crippen LogP contribution < -0.4 is 10.1 Å². The van der Waals surface area contributed by atoms with Crippen LogP contribution in [0.15, 0.2) is 59.1 Å². The molecule has 1 aromatic heterocycles. The average Bonchev–Trinajstić information content (AvgIpc) is 3.05. The lowest BCUT2D eigenvalue weighted by Gasteiger charge is -2.04. The van der Waals surface area contributed by atoms with Crippen LogP contribution in [0.5, 0.6) is 5.75 Å². The summed E-state index contributed by atoms with van der Waals surface area (Å²) in [5.74, 6) is 0.782. The maximum Gasteiger partial charge on any atom is 0.258 e. The van der Waals surface area contributed by atoms with Gasteiger partial charge in [-0.05, 0) is 38.1 Å². The molecular formula is C19H18N2O3. The molecule has 1 N–H and O–H groups in total. The van der Waals surface area contributed by atoms with E-state index < -0.39 is 0 Å². The van der Waals surface area contributed by atoms with Gasteiger partial charge in [-0.15, -0.1) is 0 Å². The molecule has 0 spiro atoms. The van der Waals surface area contributed by atoms with E-state index in [1.165, 1.54) is 5.56 Å². The Morgan fingerprint density at radius 3 is 2.50 bits per heavy atom. The molecule has 0 atom stereocenters. The SMILES string of the molecule is CCOc1ccc(C(=O)Nc2cc(-c3ccc(C)cc3)no2)cc1. The summed E-state index contributed by atoms with van der Waals surface area (Å²) >= 11 is 0. The molecule has 5 heteroatoms. The molecule has 2 aromatic carbocycles. The normalized spacial score (nSPS) is 10.4. The highest BCUT2D eigenvalue weighted by Gasteiger charge is 2.11. The van der Waals surface area contributed by atoms with Gasteiger partial charge in [0.05, 0.1) is 6.61 Å². The third-order valence-electron chi connectivity index (χ3n) is 3.52. The van der Waals surface area contributed by atoms with Gasteiger partial charge in [0, 0.05) is 17.2 Å². The average molecular weight is 322 g/mol. The van der Waals surface area contributed by atoms with Crippen LogP contribution >= 0.6 is 0 Å². The topological polar surface area (TPSA) is 64.4 Å². The lowest BCUT2D eigenvalue weighted by molar-refractivity contribution is 0.102. The van der Waals surface area contributed by atoms with Gasteiger partial charge in [-0.25, -0.2) is 0 Å². The lowest BCUT2D eigenvalue weighted by Crippen LogP contribution is -2.11. The predicted molar refractivity (Wildman–Crippen MR) is 92.2 cm³/mol. The number of nitrogens with one attached hydrogen (secondary N) is 1. The summed E-state index contributed by atoms with van der Waals surface area (Å²) in [5, 5.41) is 6.69. The third kappa shape index (κ3) is 3.63. The van der Waals surface area contributed by atoms with Crippen molar-refractivity contribution in [2.75, 3.05) is 11.9 Å². The molecular weight excluding hydrogens is 304 g/mol. The summed E-state index contributed by atoms with van der Waals surface area (Å²) in [7, 11) is 0. The van der Waals surface area contributed by atoms with Crippen molar-refractivity contribution in [2.24, 2.45) is 0 Å². The Labute approximate surface area is 140 Å². The molecule has 1 amide bonds. The molecule has 0 saturated carbocycles. The van der Waals surface area contributed by atoms with Gasteiger partial charge < -0.3 is 9.26 Å². The van der Waals surface area contributed by atoms with E-state index in [2.05, 4.69) is 10.5 Å². The molecule has 3 aromatic rings. The molecule has 0 aliphatic rings.